The lowest BCUT2D eigenvalue weighted by Crippen LogP contribution is -2.16. The van der Waals surface area contributed by atoms with Crippen LogP contribution in [0.15, 0.2) is 6.07 Å². The second-order valence-electron chi connectivity index (χ2n) is 2.87. The Kier molecular flexibility index (Phi) is 3.18. The monoisotopic (exact) mass is 216 g/mol. The van der Waals surface area contributed by atoms with Crippen molar-refractivity contribution < 1.29 is 18.3 Å². The molecule has 6 heteroatoms. The molecular weight excluding hydrogens is 206 g/mol. The maximum atomic E-state index is 12.4. The number of nitrogens with zero attached hydrogens (tertiary/aromatic N) is 1. The van der Waals surface area contributed by atoms with E-state index in [2.05, 4.69) is 4.98 Å². The first kappa shape index (κ1) is 11.4. The third-order valence-corrected chi connectivity index (χ3v) is 1.87. The molecule has 0 spiro atoms. The molecule has 0 fully saturated rings. The van der Waals surface area contributed by atoms with Gasteiger partial charge in [-0.15, -0.1) is 0 Å². The van der Waals surface area contributed by atoms with Gasteiger partial charge in [0.05, 0.1) is 12.8 Å². The number of rotatable bonds is 3. The highest BCUT2D eigenvalue weighted by molar-refractivity contribution is 5.96. The van der Waals surface area contributed by atoms with E-state index in [1.165, 1.54) is 14.0 Å². The molecule has 0 aliphatic carbocycles. The third kappa shape index (κ3) is 2.20. The number of hydrogen-bond donors (Lipinski definition) is 1. The van der Waals surface area contributed by atoms with Crippen LogP contribution in [-0.2, 0) is 0 Å². The number of alkyl halides is 2. The van der Waals surface area contributed by atoms with Gasteiger partial charge >= 0.3 is 0 Å². The van der Waals surface area contributed by atoms with E-state index in [0.29, 0.717) is 0 Å². The number of primary amides is 1. The van der Waals surface area contributed by atoms with Gasteiger partial charge < -0.3 is 10.5 Å². The number of aromatic nitrogens is 1. The van der Waals surface area contributed by atoms with E-state index < -0.39 is 18.0 Å². The molecule has 82 valence electrons. The Hall–Kier alpha value is -1.72. The molecular formula is C9H10F2N2O2. The van der Waals surface area contributed by atoms with Crippen LogP contribution in [0.1, 0.15) is 28.2 Å². The van der Waals surface area contributed by atoms with Gasteiger partial charge in [0, 0.05) is 6.07 Å². The Labute approximate surface area is 85.1 Å². The Bertz CT molecular complexity index is 394. The van der Waals surface area contributed by atoms with Crippen molar-refractivity contribution in [3.63, 3.8) is 0 Å². The fourth-order valence-electron chi connectivity index (χ4n) is 1.24. The van der Waals surface area contributed by atoms with Gasteiger partial charge in [-0.05, 0) is 6.92 Å². The zero-order chi connectivity index (χ0) is 11.6. The van der Waals surface area contributed by atoms with E-state index >= 15 is 0 Å². The Morgan fingerprint density at radius 3 is 2.60 bits per heavy atom. The van der Waals surface area contributed by atoms with Crippen molar-refractivity contribution in [2.45, 2.75) is 13.3 Å². The number of nitrogens with two attached hydrogens (primary N) is 1. The normalized spacial score (nSPS) is 10.5. The molecule has 2 N–H and O–H groups in total. The van der Waals surface area contributed by atoms with E-state index in [4.69, 9.17) is 10.5 Å². The number of aryl methyl sites for hydroxylation is 1. The lowest BCUT2D eigenvalue weighted by molar-refractivity contribution is 0.0995. The van der Waals surface area contributed by atoms with E-state index in [-0.39, 0.29) is 17.0 Å². The maximum absolute atomic E-state index is 12.4. The molecule has 0 aliphatic heterocycles. The summed E-state index contributed by atoms with van der Waals surface area (Å²) in [5.41, 5.74) is 4.80. The minimum absolute atomic E-state index is 0.0188. The first-order valence-corrected chi connectivity index (χ1v) is 4.10. The predicted octanol–water partition coefficient (Wildman–Crippen LogP) is 1.44. The molecule has 4 nitrogen and oxygen atoms in total. The minimum atomic E-state index is -2.71. The number of hydrogen-bond acceptors (Lipinski definition) is 3. The van der Waals surface area contributed by atoms with Gasteiger partial charge in [0.1, 0.15) is 17.0 Å². The largest absolute Gasteiger partial charge is 0.496 e. The van der Waals surface area contributed by atoms with Crippen LogP contribution < -0.4 is 10.5 Å². The quantitative estimate of drug-likeness (QED) is 0.831. The second kappa shape index (κ2) is 4.20. The number of carbonyl (C=O) groups excluding carboxylic acids is 1. The molecule has 1 rings (SSSR count). The van der Waals surface area contributed by atoms with Crippen molar-refractivity contribution in [3.8, 4) is 5.75 Å². The van der Waals surface area contributed by atoms with E-state index in [1.54, 1.807) is 0 Å². The van der Waals surface area contributed by atoms with Crippen molar-refractivity contribution in [3.05, 3.63) is 23.0 Å². The molecule has 0 aromatic carbocycles. The van der Waals surface area contributed by atoms with Gasteiger partial charge in [-0.2, -0.15) is 0 Å². The first-order chi connectivity index (χ1) is 6.97. The van der Waals surface area contributed by atoms with Crippen molar-refractivity contribution in [2.24, 2.45) is 5.73 Å². The van der Waals surface area contributed by atoms with Gasteiger partial charge in [0.25, 0.3) is 12.3 Å². The van der Waals surface area contributed by atoms with Crippen LogP contribution in [0, 0.1) is 6.92 Å². The molecule has 0 radical (unpaired) electrons. The molecule has 1 aromatic rings. The highest BCUT2D eigenvalue weighted by atomic mass is 19.3. The van der Waals surface area contributed by atoms with E-state index in [1.807, 2.05) is 0 Å². The number of pyridine rings is 1. The molecule has 0 saturated heterocycles. The van der Waals surface area contributed by atoms with Crippen LogP contribution >= 0.6 is 0 Å². The number of ether oxygens (including phenoxy) is 1. The van der Waals surface area contributed by atoms with Crippen LogP contribution in [0.3, 0.4) is 0 Å². The third-order valence-electron chi connectivity index (χ3n) is 1.87. The van der Waals surface area contributed by atoms with Crippen molar-refractivity contribution in [2.75, 3.05) is 7.11 Å². The average molecular weight is 216 g/mol. The molecule has 1 aromatic heterocycles. The molecule has 0 saturated carbocycles. The molecule has 1 heterocycles. The number of methoxy groups -OCH3 is 1. The Morgan fingerprint density at radius 2 is 2.20 bits per heavy atom. The van der Waals surface area contributed by atoms with Crippen molar-refractivity contribution >= 4 is 5.91 Å². The molecule has 0 unspecified atom stereocenters. The minimum Gasteiger partial charge on any atom is -0.496 e. The zero-order valence-electron chi connectivity index (χ0n) is 8.25. The van der Waals surface area contributed by atoms with Gasteiger partial charge in [-0.3, -0.25) is 9.78 Å². The summed E-state index contributed by atoms with van der Waals surface area (Å²) in [6.45, 7) is 1.43. The topological polar surface area (TPSA) is 65.2 Å². The van der Waals surface area contributed by atoms with Gasteiger partial charge in [0.2, 0.25) is 0 Å². The van der Waals surface area contributed by atoms with Crippen LogP contribution in [0.25, 0.3) is 0 Å². The van der Waals surface area contributed by atoms with Crippen LogP contribution in [0.4, 0.5) is 8.78 Å². The fraction of sp³-hybridized carbons (Fsp3) is 0.333. The van der Waals surface area contributed by atoms with Gasteiger partial charge in [0.15, 0.2) is 0 Å². The summed E-state index contributed by atoms with van der Waals surface area (Å²) in [6.07, 6.45) is -2.71. The summed E-state index contributed by atoms with van der Waals surface area (Å²) in [4.78, 5) is 14.6. The highest BCUT2D eigenvalue weighted by Gasteiger charge is 2.18. The van der Waals surface area contributed by atoms with Gasteiger partial charge in [-0.1, -0.05) is 0 Å². The molecule has 1 amide bonds. The van der Waals surface area contributed by atoms with Crippen LogP contribution in [0.2, 0.25) is 0 Å². The SMILES string of the molecule is COc1cc(C(F)F)nc(C)c1C(N)=O. The summed E-state index contributed by atoms with van der Waals surface area (Å²) >= 11 is 0. The fourth-order valence-corrected chi connectivity index (χ4v) is 1.24. The number of amides is 1. The lowest BCUT2D eigenvalue weighted by Gasteiger charge is -2.10. The summed E-state index contributed by atoms with van der Waals surface area (Å²) in [5, 5.41) is 0. The summed E-state index contributed by atoms with van der Waals surface area (Å²) in [5.74, 6) is -0.733. The lowest BCUT2D eigenvalue weighted by atomic mass is 10.1. The number of carbonyl (C=O) groups is 1. The summed E-state index contributed by atoms with van der Waals surface area (Å²) in [6, 6.07) is 1.01. The van der Waals surface area contributed by atoms with Crippen molar-refractivity contribution in [1.29, 1.82) is 0 Å². The number of halogens is 2. The maximum Gasteiger partial charge on any atom is 0.280 e. The standard InChI is InChI=1S/C9H10F2N2O2/c1-4-7(9(12)14)6(15-2)3-5(13-4)8(10)11/h3,8H,1-2H3,(H2,12,14). The molecule has 0 bridgehead atoms. The average Bonchev–Trinajstić information content (AvgIpc) is 2.15. The molecule has 0 aliphatic rings. The van der Waals surface area contributed by atoms with E-state index in [0.717, 1.165) is 6.07 Å². The van der Waals surface area contributed by atoms with Crippen molar-refractivity contribution in [1.82, 2.24) is 4.98 Å². The predicted molar refractivity (Wildman–Crippen MR) is 49.0 cm³/mol. The van der Waals surface area contributed by atoms with Crippen LogP contribution in [-0.4, -0.2) is 18.0 Å². The Balaban J connectivity index is 3.37. The van der Waals surface area contributed by atoms with E-state index in [9.17, 15) is 13.6 Å². The van der Waals surface area contributed by atoms with Gasteiger partial charge in [-0.25, -0.2) is 8.78 Å². The summed E-state index contributed by atoms with van der Waals surface area (Å²) in [7, 11) is 1.27. The van der Waals surface area contributed by atoms with Crippen LogP contribution in [0.5, 0.6) is 5.75 Å². The second-order valence-corrected chi connectivity index (χ2v) is 2.87. The highest BCUT2D eigenvalue weighted by Crippen LogP contribution is 2.26. The Morgan fingerprint density at radius 1 is 1.60 bits per heavy atom. The first-order valence-electron chi connectivity index (χ1n) is 4.10. The summed E-state index contributed by atoms with van der Waals surface area (Å²) < 4.78 is 29.5. The molecule has 0 atom stereocenters. The zero-order valence-corrected chi connectivity index (χ0v) is 8.25. The molecule has 15 heavy (non-hydrogen) atoms. The smallest absolute Gasteiger partial charge is 0.280 e.